The van der Waals surface area contributed by atoms with E-state index in [0.29, 0.717) is 6.54 Å². The second-order valence-corrected chi connectivity index (χ2v) is 8.36. The first-order valence-corrected chi connectivity index (χ1v) is 8.93. The van der Waals surface area contributed by atoms with Crippen LogP contribution in [0.15, 0.2) is 0 Å². The first-order chi connectivity index (χ1) is 8.89. The first kappa shape index (κ1) is 15.2. The van der Waals surface area contributed by atoms with E-state index in [4.69, 9.17) is 0 Å². The van der Waals surface area contributed by atoms with Crippen molar-refractivity contribution in [2.45, 2.75) is 38.6 Å². The van der Waals surface area contributed by atoms with Gasteiger partial charge in [-0.1, -0.05) is 6.92 Å². The van der Waals surface area contributed by atoms with E-state index in [9.17, 15) is 8.42 Å². The summed E-state index contributed by atoms with van der Waals surface area (Å²) in [5.41, 5.74) is 0.114. The Morgan fingerprint density at radius 2 is 2.05 bits per heavy atom. The lowest BCUT2D eigenvalue weighted by molar-refractivity contribution is 0.143. The van der Waals surface area contributed by atoms with Crippen LogP contribution in [-0.2, 0) is 10.0 Å². The van der Waals surface area contributed by atoms with Crippen LogP contribution in [0.2, 0.25) is 0 Å². The van der Waals surface area contributed by atoms with Gasteiger partial charge in [-0.3, -0.25) is 0 Å². The normalized spacial score (nSPS) is 28.6. The Kier molecular flexibility index (Phi) is 4.87. The lowest BCUT2D eigenvalue weighted by atomic mass is 9.81. The van der Waals surface area contributed by atoms with Crippen LogP contribution >= 0.6 is 0 Å². The molecule has 19 heavy (non-hydrogen) atoms. The van der Waals surface area contributed by atoms with E-state index in [2.05, 4.69) is 28.9 Å². The van der Waals surface area contributed by atoms with Crippen molar-refractivity contribution in [3.05, 3.63) is 0 Å². The number of piperidine rings is 1. The molecular weight excluding hydrogens is 262 g/mol. The van der Waals surface area contributed by atoms with Crippen LogP contribution in [0.3, 0.4) is 0 Å². The molecule has 2 saturated heterocycles. The molecule has 2 fully saturated rings. The fraction of sp³-hybridized carbons (Fsp3) is 1.00. The average molecular weight is 289 g/mol. The SMILES string of the molecule is CN1CCC(C)(CNS(=O)(=O)CC2CCCN2)CC1. The Morgan fingerprint density at radius 3 is 2.63 bits per heavy atom. The fourth-order valence-corrected chi connectivity index (χ4v) is 4.34. The van der Waals surface area contributed by atoms with Crippen molar-refractivity contribution in [2.75, 3.05) is 39.0 Å². The van der Waals surface area contributed by atoms with Crippen molar-refractivity contribution in [2.24, 2.45) is 5.41 Å². The smallest absolute Gasteiger partial charge is 0.213 e. The van der Waals surface area contributed by atoms with E-state index >= 15 is 0 Å². The molecule has 6 heteroatoms. The molecule has 0 spiro atoms. The summed E-state index contributed by atoms with van der Waals surface area (Å²) < 4.78 is 27.0. The van der Waals surface area contributed by atoms with Gasteiger partial charge >= 0.3 is 0 Å². The van der Waals surface area contributed by atoms with Crippen molar-refractivity contribution in [1.82, 2.24) is 14.9 Å². The molecule has 1 unspecified atom stereocenters. The van der Waals surface area contributed by atoms with E-state index in [1.54, 1.807) is 0 Å². The number of hydrogen-bond acceptors (Lipinski definition) is 4. The molecule has 0 aromatic heterocycles. The van der Waals surface area contributed by atoms with Gasteiger partial charge in [-0.25, -0.2) is 13.1 Å². The standard InChI is InChI=1S/C13H27N3O2S/c1-13(5-8-16(2)9-6-13)11-15-19(17,18)10-12-4-3-7-14-12/h12,14-15H,3-11H2,1-2H3. The van der Waals surface area contributed by atoms with Crippen molar-refractivity contribution in [1.29, 1.82) is 0 Å². The third kappa shape index (κ3) is 4.70. The monoisotopic (exact) mass is 289 g/mol. The second kappa shape index (κ2) is 6.08. The Balaban J connectivity index is 1.80. The lowest BCUT2D eigenvalue weighted by Crippen LogP contribution is -2.45. The van der Waals surface area contributed by atoms with Crippen LogP contribution in [0.4, 0.5) is 0 Å². The predicted molar refractivity (Wildman–Crippen MR) is 77.7 cm³/mol. The third-order valence-electron chi connectivity index (χ3n) is 4.50. The van der Waals surface area contributed by atoms with Crippen LogP contribution in [0.25, 0.3) is 0 Å². The summed E-state index contributed by atoms with van der Waals surface area (Å²) >= 11 is 0. The summed E-state index contributed by atoms with van der Waals surface area (Å²) in [5, 5.41) is 3.24. The van der Waals surface area contributed by atoms with Gasteiger partial charge in [0.05, 0.1) is 5.75 Å². The topological polar surface area (TPSA) is 61.4 Å². The van der Waals surface area contributed by atoms with Crippen LogP contribution in [0.1, 0.15) is 32.6 Å². The number of rotatable bonds is 5. The third-order valence-corrected chi connectivity index (χ3v) is 5.92. The Bertz CT molecular complexity index is 383. The molecular formula is C13H27N3O2S. The van der Waals surface area contributed by atoms with Gasteiger partial charge in [0.2, 0.25) is 10.0 Å². The molecule has 0 aromatic carbocycles. The molecule has 0 aromatic rings. The minimum atomic E-state index is -3.14. The number of likely N-dealkylation sites (tertiary alicyclic amines) is 1. The summed E-state index contributed by atoms with van der Waals surface area (Å²) in [4.78, 5) is 2.30. The zero-order valence-corrected chi connectivity index (χ0v) is 12.9. The molecule has 5 nitrogen and oxygen atoms in total. The Labute approximate surface area is 117 Å². The molecule has 2 heterocycles. The maximum atomic E-state index is 12.1. The average Bonchev–Trinajstić information content (AvgIpc) is 2.83. The Hall–Kier alpha value is -0.170. The highest BCUT2D eigenvalue weighted by Gasteiger charge is 2.31. The first-order valence-electron chi connectivity index (χ1n) is 7.28. The number of sulfonamides is 1. The summed E-state index contributed by atoms with van der Waals surface area (Å²) in [6, 6.07) is 0.141. The van der Waals surface area contributed by atoms with Gasteiger partial charge in [-0.05, 0) is 57.8 Å². The highest BCUT2D eigenvalue weighted by molar-refractivity contribution is 7.89. The Morgan fingerprint density at radius 1 is 1.37 bits per heavy atom. The van der Waals surface area contributed by atoms with Crippen LogP contribution < -0.4 is 10.0 Å². The van der Waals surface area contributed by atoms with Crippen LogP contribution in [0.5, 0.6) is 0 Å². The van der Waals surface area contributed by atoms with Crippen LogP contribution in [0, 0.1) is 5.41 Å². The minimum Gasteiger partial charge on any atom is -0.313 e. The number of nitrogens with one attached hydrogen (secondary N) is 2. The van der Waals surface area contributed by atoms with E-state index in [1.165, 1.54) is 0 Å². The summed E-state index contributed by atoms with van der Waals surface area (Å²) in [6.07, 6.45) is 4.19. The zero-order valence-electron chi connectivity index (χ0n) is 12.1. The summed E-state index contributed by atoms with van der Waals surface area (Å²) in [7, 11) is -1.02. The summed E-state index contributed by atoms with van der Waals surface area (Å²) in [5.74, 6) is 0.225. The molecule has 0 amide bonds. The van der Waals surface area contributed by atoms with E-state index in [-0.39, 0.29) is 17.2 Å². The van der Waals surface area contributed by atoms with Gasteiger partial charge in [0.25, 0.3) is 0 Å². The van der Waals surface area contributed by atoms with Crippen LogP contribution in [-0.4, -0.2) is 58.3 Å². The molecule has 0 saturated carbocycles. The van der Waals surface area contributed by atoms with Crippen molar-refractivity contribution in [3.63, 3.8) is 0 Å². The van der Waals surface area contributed by atoms with E-state index < -0.39 is 10.0 Å². The molecule has 0 radical (unpaired) electrons. The quantitative estimate of drug-likeness (QED) is 0.769. The lowest BCUT2D eigenvalue weighted by Gasteiger charge is -2.37. The van der Waals surface area contributed by atoms with Gasteiger partial charge in [0.1, 0.15) is 0 Å². The van der Waals surface area contributed by atoms with Gasteiger partial charge < -0.3 is 10.2 Å². The van der Waals surface area contributed by atoms with Gasteiger partial charge in [-0.15, -0.1) is 0 Å². The minimum absolute atomic E-state index is 0.114. The fourth-order valence-electron chi connectivity index (χ4n) is 2.84. The van der Waals surface area contributed by atoms with E-state index in [1.807, 2.05) is 0 Å². The zero-order chi connectivity index (χ0) is 13.9. The van der Waals surface area contributed by atoms with E-state index in [0.717, 1.165) is 45.3 Å². The molecule has 2 N–H and O–H groups in total. The van der Waals surface area contributed by atoms with Gasteiger partial charge in [0.15, 0.2) is 0 Å². The highest BCUT2D eigenvalue weighted by Crippen LogP contribution is 2.29. The molecule has 2 rings (SSSR count). The highest BCUT2D eigenvalue weighted by atomic mass is 32.2. The van der Waals surface area contributed by atoms with Gasteiger partial charge in [0, 0.05) is 12.6 Å². The molecule has 0 aliphatic carbocycles. The predicted octanol–water partition coefficient (Wildman–Crippen LogP) is 0.390. The van der Waals surface area contributed by atoms with Crippen molar-refractivity contribution >= 4 is 10.0 Å². The maximum Gasteiger partial charge on any atom is 0.213 e. The second-order valence-electron chi connectivity index (χ2n) is 6.51. The number of hydrogen-bond donors (Lipinski definition) is 2. The summed E-state index contributed by atoms with van der Waals surface area (Å²) in [6.45, 7) is 5.83. The molecule has 2 aliphatic heterocycles. The number of nitrogens with zero attached hydrogens (tertiary/aromatic N) is 1. The van der Waals surface area contributed by atoms with Gasteiger partial charge in [-0.2, -0.15) is 0 Å². The van der Waals surface area contributed by atoms with Crippen molar-refractivity contribution in [3.8, 4) is 0 Å². The largest absolute Gasteiger partial charge is 0.313 e. The molecule has 0 bridgehead atoms. The molecule has 1 atom stereocenters. The molecule has 112 valence electrons. The van der Waals surface area contributed by atoms with Crippen molar-refractivity contribution < 1.29 is 8.42 Å². The maximum absolute atomic E-state index is 12.1. The molecule has 2 aliphatic rings.